The van der Waals surface area contributed by atoms with E-state index in [1.807, 2.05) is 37.2 Å². The molecule has 0 aliphatic heterocycles. The number of nitrogens with one attached hydrogen (secondary N) is 2. The number of benzene rings is 4. The van der Waals surface area contributed by atoms with Crippen molar-refractivity contribution in [1.82, 2.24) is 10.2 Å². The van der Waals surface area contributed by atoms with Crippen LogP contribution in [0.25, 0.3) is 10.9 Å². The van der Waals surface area contributed by atoms with Crippen molar-refractivity contribution in [2.45, 2.75) is 6.61 Å². The van der Waals surface area contributed by atoms with Crippen LogP contribution in [-0.2, 0) is 6.61 Å². The maximum atomic E-state index is 13.0. The van der Waals surface area contributed by atoms with E-state index in [-0.39, 0.29) is 24.1 Å². The molecule has 0 bridgehead atoms. The molecule has 1 heterocycles. The van der Waals surface area contributed by atoms with Gasteiger partial charge in [-0.05, 0) is 60.2 Å². The zero-order chi connectivity index (χ0) is 27.1. The molecule has 0 atom stereocenters. The van der Waals surface area contributed by atoms with Gasteiger partial charge in [0.15, 0.2) is 17.4 Å². The topological polar surface area (TPSA) is 104 Å². The van der Waals surface area contributed by atoms with Crippen LogP contribution in [0.2, 0.25) is 0 Å². The highest BCUT2D eigenvalue weighted by molar-refractivity contribution is 6.28. The number of fused-ring (bicyclic) bond motifs is 3. The van der Waals surface area contributed by atoms with Crippen molar-refractivity contribution < 1.29 is 19.1 Å². The van der Waals surface area contributed by atoms with E-state index in [4.69, 9.17) is 4.74 Å². The standard InChI is InChI=1S/C31H24N4O4/c1-35(2)20-10-8-19(9-11-20)31(38)32-30-26-16-21(12-14-27(26)33-34-30)39-17-18-7-13-24-25(15-18)29(37)23-6-4-3-5-22(23)28(24)36/h3-16H,17H2,1-2H3,(H2,32,33,34,38). The predicted octanol–water partition coefficient (Wildman–Crippen LogP) is 5.24. The Bertz CT molecular complexity index is 1770. The summed E-state index contributed by atoms with van der Waals surface area (Å²) < 4.78 is 6.02. The molecule has 0 spiro atoms. The first-order valence-electron chi connectivity index (χ1n) is 12.4. The van der Waals surface area contributed by atoms with Gasteiger partial charge in [-0.3, -0.25) is 19.5 Å². The smallest absolute Gasteiger partial charge is 0.256 e. The third kappa shape index (κ3) is 4.42. The molecule has 8 nitrogen and oxygen atoms in total. The Labute approximate surface area is 224 Å². The molecule has 1 amide bonds. The summed E-state index contributed by atoms with van der Waals surface area (Å²) in [6.07, 6.45) is 0. The maximum Gasteiger partial charge on any atom is 0.256 e. The number of nitrogens with zero attached hydrogens (tertiary/aromatic N) is 2. The fraction of sp³-hybridized carbons (Fsp3) is 0.0968. The summed E-state index contributed by atoms with van der Waals surface area (Å²) in [6.45, 7) is 0.194. The molecule has 1 aromatic heterocycles. The Hall–Kier alpha value is -5.24. The van der Waals surface area contributed by atoms with Gasteiger partial charge in [-0.25, -0.2) is 0 Å². The second kappa shape index (κ2) is 9.57. The van der Waals surface area contributed by atoms with E-state index in [1.165, 1.54) is 0 Å². The molecular weight excluding hydrogens is 492 g/mol. The minimum absolute atomic E-state index is 0.152. The highest BCUT2D eigenvalue weighted by Gasteiger charge is 2.29. The minimum atomic E-state index is -0.269. The van der Waals surface area contributed by atoms with Crippen molar-refractivity contribution in [3.63, 3.8) is 0 Å². The molecule has 0 fully saturated rings. The van der Waals surface area contributed by atoms with Crippen LogP contribution >= 0.6 is 0 Å². The van der Waals surface area contributed by atoms with Gasteiger partial charge in [-0.1, -0.05) is 30.3 Å². The molecule has 4 aromatic carbocycles. The molecule has 1 aliphatic carbocycles. The van der Waals surface area contributed by atoms with Gasteiger partial charge in [0.05, 0.1) is 5.52 Å². The van der Waals surface area contributed by atoms with Gasteiger partial charge in [-0.15, -0.1) is 0 Å². The van der Waals surface area contributed by atoms with Crippen LogP contribution in [0.15, 0.2) is 84.9 Å². The van der Waals surface area contributed by atoms with Crippen LogP contribution < -0.4 is 15.0 Å². The molecule has 0 unspecified atom stereocenters. The second-order valence-electron chi connectivity index (χ2n) is 9.55. The number of anilines is 2. The van der Waals surface area contributed by atoms with Crippen LogP contribution in [0.3, 0.4) is 0 Å². The first kappa shape index (κ1) is 24.1. The number of amides is 1. The van der Waals surface area contributed by atoms with Gasteiger partial charge in [0.2, 0.25) is 0 Å². The van der Waals surface area contributed by atoms with Gasteiger partial charge < -0.3 is 15.0 Å². The SMILES string of the molecule is CN(C)c1ccc(C(=O)Nc2n[nH]c3ccc(OCc4ccc5c(c4)C(=O)c4ccccc4C5=O)cc23)cc1. The normalized spacial score (nSPS) is 12.2. The van der Waals surface area contributed by atoms with Crippen LogP contribution in [0.5, 0.6) is 5.75 Å². The summed E-state index contributed by atoms with van der Waals surface area (Å²) in [5.74, 6) is 0.378. The molecule has 2 N–H and O–H groups in total. The van der Waals surface area contributed by atoms with Gasteiger partial charge in [0.25, 0.3) is 5.91 Å². The lowest BCUT2D eigenvalue weighted by atomic mass is 9.83. The molecule has 5 aromatic rings. The molecular formula is C31H24N4O4. The summed E-state index contributed by atoms with van der Waals surface area (Å²) in [4.78, 5) is 40.7. The summed E-state index contributed by atoms with van der Waals surface area (Å²) >= 11 is 0. The molecule has 0 saturated heterocycles. The Morgan fingerprint density at radius 3 is 2.26 bits per heavy atom. The monoisotopic (exact) mass is 516 g/mol. The summed E-state index contributed by atoms with van der Waals surface area (Å²) in [7, 11) is 3.88. The molecule has 6 rings (SSSR count). The van der Waals surface area contributed by atoms with Gasteiger partial charge in [0.1, 0.15) is 12.4 Å². The van der Waals surface area contributed by atoms with Crippen LogP contribution in [-0.4, -0.2) is 41.8 Å². The number of rotatable bonds is 6. The lowest BCUT2D eigenvalue weighted by molar-refractivity contribution is 0.0979. The number of ether oxygens (including phenoxy) is 1. The van der Waals surface area contributed by atoms with E-state index in [0.29, 0.717) is 44.8 Å². The Morgan fingerprint density at radius 1 is 0.846 bits per heavy atom. The first-order chi connectivity index (χ1) is 18.9. The maximum absolute atomic E-state index is 13.0. The molecule has 0 saturated carbocycles. The van der Waals surface area contributed by atoms with Crippen LogP contribution in [0.1, 0.15) is 47.8 Å². The second-order valence-corrected chi connectivity index (χ2v) is 9.55. The zero-order valence-corrected chi connectivity index (χ0v) is 21.3. The number of aromatic amines is 1. The van der Waals surface area contributed by atoms with Crippen molar-refractivity contribution in [1.29, 1.82) is 0 Å². The van der Waals surface area contributed by atoms with Gasteiger partial charge >= 0.3 is 0 Å². The van der Waals surface area contributed by atoms with Crippen molar-refractivity contribution in [3.8, 4) is 5.75 Å². The summed E-state index contributed by atoms with van der Waals surface area (Å²) in [6, 6.07) is 24.8. The average Bonchev–Trinajstić information content (AvgIpc) is 3.36. The molecule has 39 heavy (non-hydrogen) atoms. The van der Waals surface area contributed by atoms with Gasteiger partial charge in [-0.2, -0.15) is 5.10 Å². The number of ketones is 2. The molecule has 192 valence electrons. The number of carbonyl (C=O) groups is 3. The van der Waals surface area contributed by atoms with E-state index < -0.39 is 0 Å². The minimum Gasteiger partial charge on any atom is -0.489 e. The predicted molar refractivity (Wildman–Crippen MR) is 149 cm³/mol. The van der Waals surface area contributed by atoms with E-state index in [2.05, 4.69) is 15.5 Å². The average molecular weight is 517 g/mol. The number of carbonyl (C=O) groups excluding carboxylic acids is 3. The fourth-order valence-corrected chi connectivity index (χ4v) is 4.67. The molecule has 8 heteroatoms. The fourth-order valence-electron chi connectivity index (χ4n) is 4.67. The van der Waals surface area contributed by atoms with E-state index >= 15 is 0 Å². The number of hydrogen-bond acceptors (Lipinski definition) is 6. The highest BCUT2D eigenvalue weighted by atomic mass is 16.5. The number of hydrogen-bond donors (Lipinski definition) is 2. The number of H-pyrrole nitrogens is 1. The van der Waals surface area contributed by atoms with Gasteiger partial charge in [0, 0.05) is 53.0 Å². The summed E-state index contributed by atoms with van der Waals surface area (Å²) in [5, 5.41) is 10.7. The first-order valence-corrected chi connectivity index (χ1v) is 12.4. The summed E-state index contributed by atoms with van der Waals surface area (Å²) in [5.41, 5.74) is 4.66. The lowest BCUT2D eigenvalue weighted by Crippen LogP contribution is -2.21. The molecule has 0 radical (unpaired) electrons. The Morgan fingerprint density at radius 2 is 1.54 bits per heavy atom. The lowest BCUT2D eigenvalue weighted by Gasteiger charge is -2.18. The van der Waals surface area contributed by atoms with Crippen molar-refractivity contribution in [2.75, 3.05) is 24.3 Å². The van der Waals surface area contributed by atoms with E-state index in [1.54, 1.807) is 66.7 Å². The van der Waals surface area contributed by atoms with Crippen molar-refractivity contribution in [3.05, 3.63) is 118 Å². The van der Waals surface area contributed by atoms with Crippen LogP contribution in [0, 0.1) is 0 Å². The molecule has 1 aliphatic rings. The highest BCUT2D eigenvalue weighted by Crippen LogP contribution is 2.29. The van der Waals surface area contributed by atoms with Crippen molar-refractivity contribution >= 4 is 39.9 Å². The number of aromatic nitrogens is 2. The third-order valence-corrected chi connectivity index (χ3v) is 6.81. The Balaban J connectivity index is 1.19. The third-order valence-electron chi connectivity index (χ3n) is 6.81. The van der Waals surface area contributed by atoms with E-state index in [9.17, 15) is 14.4 Å². The quantitative estimate of drug-likeness (QED) is 0.314. The zero-order valence-electron chi connectivity index (χ0n) is 21.3. The van der Waals surface area contributed by atoms with E-state index in [0.717, 1.165) is 16.8 Å². The van der Waals surface area contributed by atoms with Crippen molar-refractivity contribution in [2.24, 2.45) is 0 Å². The van der Waals surface area contributed by atoms with Crippen LogP contribution in [0.4, 0.5) is 11.5 Å². The Kier molecular flexibility index (Phi) is 5.92. The largest absolute Gasteiger partial charge is 0.489 e.